The van der Waals surface area contributed by atoms with E-state index in [0.717, 1.165) is 39.2 Å². The average Bonchev–Trinajstić information content (AvgIpc) is 2.94. The van der Waals surface area contributed by atoms with Crippen LogP contribution in [0.15, 0.2) is 0 Å². The number of nitrogens with zero attached hydrogens (tertiary/aromatic N) is 1. The van der Waals surface area contributed by atoms with Crippen molar-refractivity contribution < 1.29 is 9.53 Å². The molecule has 1 atom stereocenters. The Morgan fingerprint density at radius 2 is 1.84 bits per heavy atom. The molecule has 1 spiro atoms. The number of amides is 1. The zero-order chi connectivity index (χ0) is 12.4. The van der Waals surface area contributed by atoms with Crippen molar-refractivity contribution >= 4 is 18.3 Å². The van der Waals surface area contributed by atoms with E-state index in [1.165, 1.54) is 25.7 Å². The molecule has 0 aromatic carbocycles. The maximum absolute atomic E-state index is 12.3. The van der Waals surface area contributed by atoms with Gasteiger partial charge in [0, 0.05) is 19.7 Å². The van der Waals surface area contributed by atoms with E-state index in [0.29, 0.717) is 17.9 Å². The van der Waals surface area contributed by atoms with Gasteiger partial charge in [0.1, 0.15) is 0 Å². The number of rotatable bonds is 1. The van der Waals surface area contributed by atoms with E-state index in [9.17, 15) is 4.79 Å². The SMILES string of the molecule is Cl.O=C(C1CCOC1)N1CCC2(CCNCC2)CC1. The molecule has 0 aliphatic carbocycles. The second kappa shape index (κ2) is 6.42. The average molecular weight is 289 g/mol. The van der Waals surface area contributed by atoms with Crippen molar-refractivity contribution in [2.75, 3.05) is 39.4 Å². The van der Waals surface area contributed by atoms with E-state index in [2.05, 4.69) is 10.2 Å². The first-order valence-corrected chi connectivity index (χ1v) is 7.36. The lowest BCUT2D eigenvalue weighted by molar-refractivity contribution is -0.138. The molecule has 19 heavy (non-hydrogen) atoms. The molecule has 3 aliphatic rings. The molecule has 0 aromatic heterocycles. The quantitative estimate of drug-likeness (QED) is 0.794. The lowest BCUT2D eigenvalue weighted by Gasteiger charge is -2.44. The molecule has 3 aliphatic heterocycles. The lowest BCUT2D eigenvalue weighted by atomic mass is 9.71. The summed E-state index contributed by atoms with van der Waals surface area (Å²) in [6, 6.07) is 0. The Bertz CT molecular complexity index is 303. The second-order valence-corrected chi connectivity index (χ2v) is 6.14. The van der Waals surface area contributed by atoms with Crippen LogP contribution in [0.2, 0.25) is 0 Å². The van der Waals surface area contributed by atoms with E-state index >= 15 is 0 Å². The third kappa shape index (κ3) is 3.23. The van der Waals surface area contributed by atoms with Crippen LogP contribution < -0.4 is 5.32 Å². The third-order valence-corrected chi connectivity index (χ3v) is 5.08. The maximum atomic E-state index is 12.3. The van der Waals surface area contributed by atoms with Crippen molar-refractivity contribution in [3.63, 3.8) is 0 Å². The molecule has 0 bridgehead atoms. The van der Waals surface area contributed by atoms with Gasteiger partial charge in [-0.2, -0.15) is 0 Å². The van der Waals surface area contributed by atoms with Crippen molar-refractivity contribution in [1.29, 1.82) is 0 Å². The summed E-state index contributed by atoms with van der Waals surface area (Å²) < 4.78 is 5.32. The molecular formula is C14H25ClN2O2. The molecule has 1 N–H and O–H groups in total. The van der Waals surface area contributed by atoms with Crippen molar-refractivity contribution in [2.24, 2.45) is 11.3 Å². The predicted molar refractivity (Wildman–Crippen MR) is 76.5 cm³/mol. The van der Waals surface area contributed by atoms with E-state index in [1.54, 1.807) is 0 Å². The minimum atomic E-state index is 0. The Balaban J connectivity index is 0.00000133. The first kappa shape index (κ1) is 15.1. The highest BCUT2D eigenvalue weighted by Crippen LogP contribution is 2.39. The van der Waals surface area contributed by atoms with E-state index in [4.69, 9.17) is 4.74 Å². The molecule has 1 amide bonds. The number of hydrogen-bond acceptors (Lipinski definition) is 3. The van der Waals surface area contributed by atoms with Crippen molar-refractivity contribution in [3.05, 3.63) is 0 Å². The standard InChI is InChI=1S/C14H24N2O2.ClH/c17-13(12-1-10-18-11-12)16-8-4-14(5-9-16)2-6-15-7-3-14;/h12,15H,1-11H2;1H. The second-order valence-electron chi connectivity index (χ2n) is 6.14. The smallest absolute Gasteiger partial charge is 0.228 e. The molecule has 3 rings (SSSR count). The minimum absolute atomic E-state index is 0. The van der Waals surface area contributed by atoms with Gasteiger partial charge in [0.2, 0.25) is 5.91 Å². The zero-order valence-electron chi connectivity index (χ0n) is 11.5. The number of carbonyl (C=O) groups is 1. The van der Waals surface area contributed by atoms with Gasteiger partial charge in [0.15, 0.2) is 0 Å². The Hall–Kier alpha value is -0.320. The summed E-state index contributed by atoms with van der Waals surface area (Å²) in [5.41, 5.74) is 0.536. The normalized spacial score (nSPS) is 30.1. The number of piperidine rings is 2. The largest absolute Gasteiger partial charge is 0.381 e. The number of halogens is 1. The summed E-state index contributed by atoms with van der Waals surface area (Å²) in [5, 5.41) is 3.44. The van der Waals surface area contributed by atoms with Crippen LogP contribution in [-0.4, -0.2) is 50.2 Å². The summed E-state index contributed by atoms with van der Waals surface area (Å²) in [7, 11) is 0. The number of likely N-dealkylation sites (tertiary alicyclic amines) is 1. The van der Waals surface area contributed by atoms with Gasteiger partial charge in [-0.3, -0.25) is 4.79 Å². The maximum Gasteiger partial charge on any atom is 0.228 e. The molecular weight excluding hydrogens is 264 g/mol. The number of nitrogens with one attached hydrogen (secondary N) is 1. The van der Waals surface area contributed by atoms with Gasteiger partial charge in [-0.1, -0.05) is 0 Å². The molecule has 0 aromatic rings. The van der Waals surface area contributed by atoms with E-state index < -0.39 is 0 Å². The van der Waals surface area contributed by atoms with Crippen molar-refractivity contribution in [1.82, 2.24) is 10.2 Å². The molecule has 4 nitrogen and oxygen atoms in total. The van der Waals surface area contributed by atoms with Crippen molar-refractivity contribution in [3.8, 4) is 0 Å². The lowest BCUT2D eigenvalue weighted by Crippen LogP contribution is -2.48. The first-order valence-electron chi connectivity index (χ1n) is 7.36. The molecule has 0 saturated carbocycles. The van der Waals surface area contributed by atoms with E-state index in [-0.39, 0.29) is 18.3 Å². The van der Waals surface area contributed by atoms with Crippen LogP contribution in [0.3, 0.4) is 0 Å². The van der Waals surface area contributed by atoms with Gasteiger partial charge in [0.25, 0.3) is 0 Å². The summed E-state index contributed by atoms with van der Waals surface area (Å²) in [6.45, 7) is 5.66. The number of carbonyl (C=O) groups excluding carboxylic acids is 1. The summed E-state index contributed by atoms with van der Waals surface area (Å²) in [5.74, 6) is 0.489. The van der Waals surface area contributed by atoms with E-state index in [1.807, 2.05) is 0 Å². The van der Waals surface area contributed by atoms with Gasteiger partial charge in [-0.15, -0.1) is 12.4 Å². The summed E-state index contributed by atoms with van der Waals surface area (Å²) in [4.78, 5) is 14.4. The molecule has 1 unspecified atom stereocenters. The van der Waals surface area contributed by atoms with Crippen LogP contribution in [0.4, 0.5) is 0 Å². The van der Waals surface area contributed by atoms with Crippen LogP contribution >= 0.6 is 12.4 Å². The van der Waals surface area contributed by atoms with Gasteiger partial charge in [-0.05, 0) is 50.6 Å². The van der Waals surface area contributed by atoms with Crippen molar-refractivity contribution in [2.45, 2.75) is 32.1 Å². The predicted octanol–water partition coefficient (Wildman–Crippen LogP) is 1.44. The van der Waals surface area contributed by atoms with Crippen LogP contribution in [0, 0.1) is 11.3 Å². The topological polar surface area (TPSA) is 41.6 Å². The highest BCUT2D eigenvalue weighted by atomic mass is 35.5. The van der Waals surface area contributed by atoms with Gasteiger partial charge in [-0.25, -0.2) is 0 Å². The first-order chi connectivity index (χ1) is 8.79. The molecule has 3 saturated heterocycles. The Morgan fingerprint density at radius 3 is 2.42 bits per heavy atom. The molecule has 3 fully saturated rings. The zero-order valence-corrected chi connectivity index (χ0v) is 12.3. The third-order valence-electron chi connectivity index (χ3n) is 5.08. The summed E-state index contributed by atoms with van der Waals surface area (Å²) >= 11 is 0. The number of ether oxygens (including phenoxy) is 1. The molecule has 0 radical (unpaired) electrons. The summed E-state index contributed by atoms with van der Waals surface area (Å²) in [6.07, 6.45) is 5.91. The highest BCUT2D eigenvalue weighted by Gasteiger charge is 2.38. The molecule has 5 heteroatoms. The fourth-order valence-corrected chi connectivity index (χ4v) is 3.65. The van der Waals surface area contributed by atoms with Crippen LogP contribution in [0.25, 0.3) is 0 Å². The fraction of sp³-hybridized carbons (Fsp3) is 0.929. The van der Waals surface area contributed by atoms with Gasteiger partial charge >= 0.3 is 0 Å². The highest BCUT2D eigenvalue weighted by molar-refractivity contribution is 5.85. The Labute approximate surface area is 121 Å². The fourth-order valence-electron chi connectivity index (χ4n) is 3.65. The Morgan fingerprint density at radius 1 is 1.16 bits per heavy atom. The molecule has 3 heterocycles. The Kier molecular flexibility index (Phi) is 5.09. The van der Waals surface area contributed by atoms with Gasteiger partial charge < -0.3 is 15.0 Å². The van der Waals surface area contributed by atoms with Crippen LogP contribution in [-0.2, 0) is 9.53 Å². The van der Waals surface area contributed by atoms with Gasteiger partial charge in [0.05, 0.1) is 12.5 Å². The minimum Gasteiger partial charge on any atom is -0.381 e. The monoisotopic (exact) mass is 288 g/mol. The number of hydrogen-bond donors (Lipinski definition) is 1. The van der Waals surface area contributed by atoms with Crippen LogP contribution in [0.5, 0.6) is 0 Å². The van der Waals surface area contributed by atoms with Crippen LogP contribution in [0.1, 0.15) is 32.1 Å². The molecule has 110 valence electrons.